The van der Waals surface area contributed by atoms with E-state index in [1.807, 2.05) is 11.9 Å². The third kappa shape index (κ3) is 3.05. The number of hydrogen-bond acceptors (Lipinski definition) is 6. The fourth-order valence-corrected chi connectivity index (χ4v) is 3.71. The first-order valence-electron chi connectivity index (χ1n) is 9.06. The molecule has 1 aromatic heterocycles. The summed E-state index contributed by atoms with van der Waals surface area (Å²) in [5.41, 5.74) is -0.105. The van der Waals surface area contributed by atoms with Crippen molar-refractivity contribution in [1.82, 2.24) is 9.47 Å². The molecule has 146 valence electrons. The van der Waals surface area contributed by atoms with Crippen LogP contribution in [-0.2, 0) is 0 Å². The Hall–Kier alpha value is -3.12. The predicted octanol–water partition coefficient (Wildman–Crippen LogP) is 2.16. The number of carboxylic acid groups (broad SMARTS) is 1. The summed E-state index contributed by atoms with van der Waals surface area (Å²) < 4.78 is 21.4. The minimum absolute atomic E-state index is 0.0251. The Kier molecular flexibility index (Phi) is 4.43. The molecule has 1 saturated heterocycles. The summed E-state index contributed by atoms with van der Waals surface area (Å²) in [4.78, 5) is 27.6. The lowest BCUT2D eigenvalue weighted by Gasteiger charge is -2.35. The molecule has 1 aromatic carbocycles. The third-order valence-electron chi connectivity index (χ3n) is 5.28. The van der Waals surface area contributed by atoms with Crippen molar-refractivity contribution >= 4 is 22.7 Å². The van der Waals surface area contributed by atoms with Crippen LogP contribution < -0.4 is 15.1 Å². The Morgan fingerprint density at radius 1 is 1.32 bits per heavy atom. The van der Waals surface area contributed by atoms with Crippen molar-refractivity contribution in [3.05, 3.63) is 33.9 Å². The molecule has 0 bridgehead atoms. The average molecular weight is 386 g/mol. The zero-order valence-electron chi connectivity index (χ0n) is 15.3. The van der Waals surface area contributed by atoms with E-state index in [0.717, 1.165) is 32.0 Å². The molecule has 1 aliphatic carbocycles. The van der Waals surface area contributed by atoms with Gasteiger partial charge in [-0.25, -0.2) is 9.18 Å². The number of benzene rings is 1. The molecule has 4 rings (SSSR count). The number of carbonyl (C=O) groups is 1. The van der Waals surface area contributed by atoms with Crippen molar-refractivity contribution in [1.29, 1.82) is 5.26 Å². The number of pyridine rings is 1. The molecule has 0 unspecified atom stereocenters. The van der Waals surface area contributed by atoms with Crippen LogP contribution in [0.1, 0.15) is 24.4 Å². The number of nitriles is 1. The van der Waals surface area contributed by atoms with Crippen LogP contribution in [0.2, 0.25) is 0 Å². The zero-order valence-corrected chi connectivity index (χ0v) is 15.3. The van der Waals surface area contributed by atoms with Gasteiger partial charge in [-0.1, -0.05) is 0 Å². The van der Waals surface area contributed by atoms with Crippen molar-refractivity contribution in [2.75, 3.05) is 38.1 Å². The maximum absolute atomic E-state index is 15.1. The summed E-state index contributed by atoms with van der Waals surface area (Å²) in [5, 5.41) is 18.7. The molecule has 8 nitrogen and oxygen atoms in total. The van der Waals surface area contributed by atoms with Gasteiger partial charge >= 0.3 is 6.16 Å². The van der Waals surface area contributed by atoms with E-state index in [2.05, 4.69) is 15.7 Å². The van der Waals surface area contributed by atoms with Crippen molar-refractivity contribution in [2.24, 2.45) is 0 Å². The number of likely N-dealkylation sites (N-methyl/N-ethyl adjacent to an activating group) is 1. The second kappa shape index (κ2) is 6.80. The van der Waals surface area contributed by atoms with E-state index in [1.165, 1.54) is 6.20 Å². The van der Waals surface area contributed by atoms with Gasteiger partial charge in [-0.3, -0.25) is 4.79 Å². The number of nitrogens with zero attached hydrogens (tertiary/aromatic N) is 4. The quantitative estimate of drug-likeness (QED) is 0.807. The number of anilines is 1. The van der Waals surface area contributed by atoms with Crippen LogP contribution in [0.25, 0.3) is 10.9 Å². The molecule has 1 N–H and O–H groups in total. The largest absolute Gasteiger partial charge is 0.511 e. The zero-order chi connectivity index (χ0) is 20.0. The average Bonchev–Trinajstić information content (AvgIpc) is 3.49. The first kappa shape index (κ1) is 18.3. The number of rotatable bonds is 3. The van der Waals surface area contributed by atoms with Gasteiger partial charge in [0.15, 0.2) is 5.75 Å². The van der Waals surface area contributed by atoms with E-state index < -0.39 is 17.4 Å². The number of piperazine rings is 1. The monoisotopic (exact) mass is 386 g/mol. The van der Waals surface area contributed by atoms with Gasteiger partial charge in [0.25, 0.3) is 0 Å². The molecule has 0 atom stereocenters. The van der Waals surface area contributed by atoms with Gasteiger partial charge in [0.1, 0.15) is 17.4 Å². The lowest BCUT2D eigenvalue weighted by atomic mass is 10.0. The maximum Gasteiger partial charge on any atom is 0.511 e. The minimum atomic E-state index is -1.62. The molecule has 9 heteroatoms. The highest BCUT2D eigenvalue weighted by Crippen LogP contribution is 2.40. The molecule has 0 radical (unpaired) electrons. The summed E-state index contributed by atoms with van der Waals surface area (Å²) in [5.74, 6) is -1.05. The Balaban J connectivity index is 1.98. The van der Waals surface area contributed by atoms with Crippen LogP contribution >= 0.6 is 0 Å². The Labute approximate surface area is 159 Å². The Morgan fingerprint density at radius 2 is 2.00 bits per heavy atom. The second-order valence-electron chi connectivity index (χ2n) is 7.21. The Morgan fingerprint density at radius 3 is 2.57 bits per heavy atom. The van der Waals surface area contributed by atoms with E-state index in [0.29, 0.717) is 18.6 Å². The SMILES string of the molecule is CN1CCN(c2c(F)cc3c(=O)c(OC(=O)O)cn(C4CC4)c3c2C#N)CC1. The summed E-state index contributed by atoms with van der Waals surface area (Å²) in [6.07, 6.45) is 1.37. The first-order chi connectivity index (χ1) is 13.4. The lowest BCUT2D eigenvalue weighted by Crippen LogP contribution is -2.45. The van der Waals surface area contributed by atoms with Gasteiger partial charge in [-0.05, 0) is 26.0 Å². The van der Waals surface area contributed by atoms with Crippen LogP contribution in [0.5, 0.6) is 5.75 Å². The van der Waals surface area contributed by atoms with Gasteiger partial charge in [0.05, 0.1) is 22.8 Å². The predicted molar refractivity (Wildman–Crippen MR) is 99.5 cm³/mol. The van der Waals surface area contributed by atoms with Gasteiger partial charge in [-0.15, -0.1) is 0 Å². The topological polar surface area (TPSA) is 98.8 Å². The molecule has 1 saturated carbocycles. The smallest absolute Gasteiger partial charge is 0.449 e. The van der Waals surface area contributed by atoms with Crippen molar-refractivity contribution in [3.8, 4) is 11.8 Å². The third-order valence-corrected chi connectivity index (χ3v) is 5.28. The van der Waals surface area contributed by atoms with Crippen molar-refractivity contribution < 1.29 is 19.0 Å². The van der Waals surface area contributed by atoms with E-state index in [9.17, 15) is 14.9 Å². The lowest BCUT2D eigenvalue weighted by molar-refractivity contribution is 0.143. The standard InChI is InChI=1S/C19H19FN4O4/c1-22-4-6-23(7-5-22)17-13(9-21)16-12(8-14(17)20)18(25)15(28-19(26)27)10-24(16)11-2-3-11/h8,10-11H,2-7H2,1H3,(H,26,27). The van der Waals surface area contributed by atoms with Gasteiger partial charge in [0.2, 0.25) is 5.43 Å². The van der Waals surface area contributed by atoms with Crippen LogP contribution in [0, 0.1) is 17.1 Å². The highest BCUT2D eigenvalue weighted by atomic mass is 19.1. The molecular weight excluding hydrogens is 367 g/mol. The number of ether oxygens (including phenoxy) is 1. The van der Waals surface area contributed by atoms with E-state index in [4.69, 9.17) is 5.11 Å². The number of aromatic nitrogens is 1. The minimum Gasteiger partial charge on any atom is -0.449 e. The van der Waals surface area contributed by atoms with E-state index >= 15 is 4.39 Å². The molecule has 2 fully saturated rings. The number of halogens is 1. The van der Waals surface area contributed by atoms with Crippen LogP contribution in [0.4, 0.5) is 14.9 Å². The molecule has 1 aliphatic heterocycles. The summed E-state index contributed by atoms with van der Waals surface area (Å²) in [7, 11) is 1.98. The molecule has 0 spiro atoms. The number of fused-ring (bicyclic) bond motifs is 1. The highest BCUT2D eigenvalue weighted by Gasteiger charge is 2.31. The van der Waals surface area contributed by atoms with Crippen LogP contribution in [0.3, 0.4) is 0 Å². The second-order valence-corrected chi connectivity index (χ2v) is 7.21. The maximum atomic E-state index is 15.1. The van der Waals surface area contributed by atoms with Gasteiger partial charge in [-0.2, -0.15) is 5.26 Å². The summed E-state index contributed by atoms with van der Waals surface area (Å²) in [6, 6.07) is 3.21. The highest BCUT2D eigenvalue weighted by molar-refractivity contribution is 5.92. The Bertz CT molecular complexity index is 1060. The van der Waals surface area contributed by atoms with Crippen molar-refractivity contribution in [3.63, 3.8) is 0 Å². The molecule has 2 aromatic rings. The fraction of sp³-hybridized carbons (Fsp3) is 0.421. The molecule has 28 heavy (non-hydrogen) atoms. The fourth-order valence-electron chi connectivity index (χ4n) is 3.71. The van der Waals surface area contributed by atoms with Crippen LogP contribution in [-0.4, -0.2) is 54.0 Å². The number of hydrogen-bond donors (Lipinski definition) is 1. The molecule has 2 heterocycles. The van der Waals surface area contributed by atoms with Gasteiger partial charge in [0, 0.05) is 32.2 Å². The van der Waals surface area contributed by atoms with Crippen LogP contribution in [0.15, 0.2) is 17.1 Å². The molecule has 0 amide bonds. The van der Waals surface area contributed by atoms with Gasteiger partial charge < -0.3 is 24.2 Å². The van der Waals surface area contributed by atoms with E-state index in [-0.39, 0.29) is 28.4 Å². The summed E-state index contributed by atoms with van der Waals surface area (Å²) >= 11 is 0. The molecule has 2 aliphatic rings. The van der Waals surface area contributed by atoms with E-state index in [1.54, 1.807) is 4.57 Å². The summed E-state index contributed by atoms with van der Waals surface area (Å²) in [6.45, 7) is 2.62. The van der Waals surface area contributed by atoms with Crippen molar-refractivity contribution in [2.45, 2.75) is 18.9 Å². The normalized spacial score (nSPS) is 17.5. The first-order valence-corrected chi connectivity index (χ1v) is 9.06. The molecular formula is C19H19FN4O4.